The Hall–Kier alpha value is -2.07. The maximum atomic E-state index is 9.20. The highest BCUT2D eigenvalue weighted by Gasteiger charge is 2.03. The third-order valence-electron chi connectivity index (χ3n) is 3.14. The first kappa shape index (κ1) is 14.3. The van der Waals surface area contributed by atoms with Crippen molar-refractivity contribution in [3.63, 3.8) is 0 Å². The average Bonchev–Trinajstić information content (AvgIpc) is 2.48. The van der Waals surface area contributed by atoms with E-state index in [1.807, 2.05) is 24.3 Å². The first-order valence-corrected chi connectivity index (χ1v) is 6.78. The molecule has 4 nitrogen and oxygen atoms in total. The molecule has 0 aliphatic rings. The van der Waals surface area contributed by atoms with Gasteiger partial charge in [-0.25, -0.2) is 0 Å². The van der Waals surface area contributed by atoms with E-state index in [-0.39, 0.29) is 11.8 Å². The molecule has 0 aliphatic carbocycles. The zero-order valence-corrected chi connectivity index (χ0v) is 11.6. The molecule has 0 radical (unpaired) electrons. The fourth-order valence-electron chi connectivity index (χ4n) is 1.79. The van der Waals surface area contributed by atoms with Gasteiger partial charge in [0, 0.05) is 18.2 Å². The van der Waals surface area contributed by atoms with Crippen molar-refractivity contribution < 1.29 is 9.84 Å². The summed E-state index contributed by atoms with van der Waals surface area (Å²) in [6.07, 6.45) is 3.45. The van der Waals surface area contributed by atoms with Crippen molar-refractivity contribution in [2.45, 2.75) is 32.4 Å². The van der Waals surface area contributed by atoms with Crippen LogP contribution < -0.4 is 10.5 Å². The molecule has 1 unspecified atom stereocenters. The van der Waals surface area contributed by atoms with Crippen molar-refractivity contribution in [3.8, 4) is 11.5 Å². The predicted molar refractivity (Wildman–Crippen MR) is 78.6 cm³/mol. The lowest BCUT2D eigenvalue weighted by atomic mass is 10.1. The number of phenols is 1. The van der Waals surface area contributed by atoms with Crippen LogP contribution in [-0.2, 0) is 13.0 Å². The van der Waals surface area contributed by atoms with Crippen LogP contribution in [0.15, 0.2) is 42.6 Å². The largest absolute Gasteiger partial charge is 0.508 e. The van der Waals surface area contributed by atoms with E-state index in [0.717, 1.165) is 29.8 Å². The second-order valence-corrected chi connectivity index (χ2v) is 4.81. The fourth-order valence-corrected chi connectivity index (χ4v) is 1.79. The molecule has 1 heterocycles. The molecule has 0 bridgehead atoms. The Bertz CT molecular complexity index is 523. The Morgan fingerprint density at radius 1 is 1.20 bits per heavy atom. The Morgan fingerprint density at radius 2 is 1.95 bits per heavy atom. The standard InChI is InChI=1S/C16H20N2O2/c1-2-13(17)9-14-5-8-16(10-18-14)20-11-12-3-6-15(19)7-4-12/h3-8,10,13,19H,2,9,11,17H2,1H3. The van der Waals surface area contributed by atoms with Crippen molar-refractivity contribution in [2.24, 2.45) is 5.73 Å². The van der Waals surface area contributed by atoms with E-state index >= 15 is 0 Å². The molecule has 0 spiro atoms. The van der Waals surface area contributed by atoms with Crippen LogP contribution in [0.2, 0.25) is 0 Å². The zero-order valence-electron chi connectivity index (χ0n) is 11.6. The molecule has 0 saturated carbocycles. The number of nitrogens with two attached hydrogens (primary N) is 1. The molecule has 0 amide bonds. The number of benzene rings is 1. The van der Waals surface area contributed by atoms with Crippen LogP contribution in [0.1, 0.15) is 24.6 Å². The van der Waals surface area contributed by atoms with E-state index in [2.05, 4.69) is 11.9 Å². The molecule has 2 rings (SSSR count). The minimum absolute atomic E-state index is 0.159. The van der Waals surface area contributed by atoms with E-state index in [1.54, 1.807) is 18.3 Å². The fraction of sp³-hybridized carbons (Fsp3) is 0.312. The Labute approximate surface area is 119 Å². The van der Waals surface area contributed by atoms with Gasteiger partial charge in [-0.15, -0.1) is 0 Å². The van der Waals surface area contributed by atoms with Crippen LogP contribution in [0.4, 0.5) is 0 Å². The summed E-state index contributed by atoms with van der Waals surface area (Å²) in [5.74, 6) is 0.985. The molecule has 2 aromatic rings. The molecule has 1 aromatic heterocycles. The first-order chi connectivity index (χ1) is 9.67. The normalized spacial score (nSPS) is 12.1. The molecule has 0 aliphatic heterocycles. The van der Waals surface area contributed by atoms with Crippen LogP contribution in [-0.4, -0.2) is 16.1 Å². The van der Waals surface area contributed by atoms with Gasteiger partial charge in [0.1, 0.15) is 18.1 Å². The van der Waals surface area contributed by atoms with Gasteiger partial charge in [0.15, 0.2) is 0 Å². The number of hydrogen-bond donors (Lipinski definition) is 2. The van der Waals surface area contributed by atoms with Gasteiger partial charge in [0.05, 0.1) is 6.20 Å². The summed E-state index contributed by atoms with van der Waals surface area (Å²) in [5, 5.41) is 9.20. The van der Waals surface area contributed by atoms with Gasteiger partial charge in [-0.1, -0.05) is 19.1 Å². The molecule has 0 fully saturated rings. The summed E-state index contributed by atoms with van der Waals surface area (Å²) in [7, 11) is 0. The molecular formula is C16H20N2O2. The van der Waals surface area contributed by atoms with Crippen molar-refractivity contribution >= 4 is 0 Å². The summed E-state index contributed by atoms with van der Waals surface area (Å²) >= 11 is 0. The van der Waals surface area contributed by atoms with Gasteiger partial charge in [0.25, 0.3) is 0 Å². The van der Waals surface area contributed by atoms with Gasteiger partial charge < -0.3 is 15.6 Å². The van der Waals surface area contributed by atoms with E-state index in [1.165, 1.54) is 0 Å². The molecule has 106 valence electrons. The van der Waals surface area contributed by atoms with Crippen molar-refractivity contribution in [2.75, 3.05) is 0 Å². The summed E-state index contributed by atoms with van der Waals surface area (Å²) in [4.78, 5) is 4.35. The lowest BCUT2D eigenvalue weighted by Crippen LogP contribution is -2.21. The molecule has 3 N–H and O–H groups in total. The number of aromatic hydroxyl groups is 1. The average molecular weight is 272 g/mol. The van der Waals surface area contributed by atoms with E-state index in [9.17, 15) is 5.11 Å². The van der Waals surface area contributed by atoms with Gasteiger partial charge in [0.2, 0.25) is 0 Å². The molecule has 1 atom stereocenters. The highest BCUT2D eigenvalue weighted by atomic mass is 16.5. The van der Waals surface area contributed by atoms with Crippen LogP contribution in [0.3, 0.4) is 0 Å². The minimum atomic E-state index is 0.159. The molecule has 0 saturated heterocycles. The van der Waals surface area contributed by atoms with E-state index in [0.29, 0.717) is 6.61 Å². The summed E-state index contributed by atoms with van der Waals surface area (Å²) in [5.41, 5.74) is 7.88. The Morgan fingerprint density at radius 3 is 2.55 bits per heavy atom. The number of rotatable bonds is 6. The smallest absolute Gasteiger partial charge is 0.138 e. The quantitative estimate of drug-likeness (QED) is 0.848. The second-order valence-electron chi connectivity index (χ2n) is 4.81. The van der Waals surface area contributed by atoms with E-state index in [4.69, 9.17) is 10.5 Å². The van der Waals surface area contributed by atoms with Crippen molar-refractivity contribution in [1.82, 2.24) is 4.98 Å². The summed E-state index contributed by atoms with van der Waals surface area (Å²) < 4.78 is 5.64. The van der Waals surface area contributed by atoms with Crippen molar-refractivity contribution in [3.05, 3.63) is 53.9 Å². The monoisotopic (exact) mass is 272 g/mol. The third kappa shape index (κ3) is 4.24. The van der Waals surface area contributed by atoms with Crippen molar-refractivity contribution in [1.29, 1.82) is 0 Å². The highest BCUT2D eigenvalue weighted by Crippen LogP contribution is 2.14. The van der Waals surface area contributed by atoms with Crippen LogP contribution in [0, 0.1) is 0 Å². The van der Waals surface area contributed by atoms with Gasteiger partial charge in [-0.3, -0.25) is 4.98 Å². The van der Waals surface area contributed by atoms with Gasteiger partial charge >= 0.3 is 0 Å². The molecule has 1 aromatic carbocycles. The van der Waals surface area contributed by atoms with Gasteiger partial charge in [-0.2, -0.15) is 0 Å². The first-order valence-electron chi connectivity index (χ1n) is 6.78. The zero-order chi connectivity index (χ0) is 14.4. The van der Waals surface area contributed by atoms with Crippen LogP contribution >= 0.6 is 0 Å². The predicted octanol–water partition coefficient (Wildman–Crippen LogP) is 2.65. The molecular weight excluding hydrogens is 252 g/mol. The number of hydrogen-bond acceptors (Lipinski definition) is 4. The molecule has 4 heteroatoms. The van der Waals surface area contributed by atoms with E-state index < -0.39 is 0 Å². The second kappa shape index (κ2) is 6.91. The number of pyridine rings is 1. The van der Waals surface area contributed by atoms with Crippen LogP contribution in [0.5, 0.6) is 11.5 Å². The highest BCUT2D eigenvalue weighted by molar-refractivity contribution is 5.26. The molecule has 20 heavy (non-hydrogen) atoms. The van der Waals surface area contributed by atoms with Gasteiger partial charge in [-0.05, 0) is 36.2 Å². The maximum absolute atomic E-state index is 9.20. The number of nitrogens with zero attached hydrogens (tertiary/aromatic N) is 1. The maximum Gasteiger partial charge on any atom is 0.138 e. The number of phenolic OH excluding ortho intramolecular Hbond substituents is 1. The number of ether oxygens (including phenoxy) is 1. The lowest BCUT2D eigenvalue weighted by molar-refractivity contribution is 0.304. The Kier molecular flexibility index (Phi) is 4.96. The minimum Gasteiger partial charge on any atom is -0.508 e. The SMILES string of the molecule is CCC(N)Cc1ccc(OCc2ccc(O)cc2)cn1. The van der Waals surface area contributed by atoms with Crippen LogP contribution in [0.25, 0.3) is 0 Å². The lowest BCUT2D eigenvalue weighted by Gasteiger charge is -2.09. The third-order valence-corrected chi connectivity index (χ3v) is 3.14. The topological polar surface area (TPSA) is 68.4 Å². The Balaban J connectivity index is 1.89. The summed E-state index contributed by atoms with van der Waals surface area (Å²) in [6, 6.07) is 11.0. The number of aromatic nitrogens is 1. The summed E-state index contributed by atoms with van der Waals surface area (Å²) in [6.45, 7) is 2.52.